The van der Waals surface area contributed by atoms with Gasteiger partial charge in [0.2, 0.25) is 6.10 Å². The van der Waals surface area contributed by atoms with E-state index < -0.39 is 12.1 Å². The van der Waals surface area contributed by atoms with Gasteiger partial charge in [-0.3, -0.25) is 0 Å². The van der Waals surface area contributed by atoms with Gasteiger partial charge >= 0.3 is 5.97 Å². The molecule has 1 heterocycles. The summed E-state index contributed by atoms with van der Waals surface area (Å²) in [6.07, 6.45) is -0.934. The molecule has 0 spiro atoms. The number of hydrogen-bond donors (Lipinski definition) is 0. The van der Waals surface area contributed by atoms with E-state index >= 15 is 0 Å². The van der Waals surface area contributed by atoms with Crippen molar-refractivity contribution in [3.05, 3.63) is 47.0 Å². The average Bonchev–Trinajstić information content (AvgIpc) is 2.63. The number of fused-ring (bicyclic) bond motifs is 1. The molecule has 0 amide bonds. The van der Waals surface area contributed by atoms with Crippen molar-refractivity contribution >= 4 is 17.6 Å². The van der Waals surface area contributed by atoms with Crippen LogP contribution in [-0.4, -0.2) is 25.3 Å². The maximum Gasteiger partial charge on any atom is 0.356 e. The molecule has 1 aliphatic rings. The summed E-state index contributed by atoms with van der Waals surface area (Å²) in [5.74, 6) is 0.638. The number of esters is 1. The van der Waals surface area contributed by atoms with Gasteiger partial charge in [0.25, 0.3) is 0 Å². The highest BCUT2D eigenvalue weighted by atomic mass is 35.5. The van der Waals surface area contributed by atoms with E-state index in [1.54, 1.807) is 25.1 Å². The highest BCUT2D eigenvalue weighted by molar-refractivity contribution is 6.32. The van der Waals surface area contributed by atoms with Gasteiger partial charge in [-0.15, -0.1) is 0 Å². The van der Waals surface area contributed by atoms with E-state index in [1.807, 2.05) is 12.1 Å². The number of benzene rings is 2. The number of carbonyl (C=O) groups excluding carboxylic acids is 1. The van der Waals surface area contributed by atoms with Gasteiger partial charge in [-0.1, -0.05) is 23.7 Å². The number of nitrogens with zero attached hydrogens (tertiary/aromatic N) is 1. The molecular weight excluding hydrogens is 346 g/mol. The first-order valence-corrected chi connectivity index (χ1v) is 7.96. The number of nitriles is 1. The Kier molecular flexibility index (Phi) is 4.96. The third kappa shape index (κ3) is 3.62. The number of rotatable bonds is 4. The Morgan fingerprint density at radius 2 is 2.12 bits per heavy atom. The molecule has 0 saturated carbocycles. The third-order valence-electron chi connectivity index (χ3n) is 3.41. The summed E-state index contributed by atoms with van der Waals surface area (Å²) in [4.78, 5) is 12.4. The maximum atomic E-state index is 12.4. The van der Waals surface area contributed by atoms with Gasteiger partial charge in [0, 0.05) is 6.07 Å². The van der Waals surface area contributed by atoms with Crippen molar-refractivity contribution in [3.63, 3.8) is 0 Å². The molecule has 25 heavy (non-hydrogen) atoms. The van der Waals surface area contributed by atoms with Gasteiger partial charge in [0.15, 0.2) is 23.0 Å². The summed E-state index contributed by atoms with van der Waals surface area (Å²) in [5.41, 5.74) is 0.305. The highest BCUT2D eigenvalue weighted by Gasteiger charge is 2.30. The SMILES string of the molecule is CCOc1cc(C#N)cc(Cl)c1OC(=O)[C@H]1COc2ccccc2O1. The van der Waals surface area contributed by atoms with Crippen LogP contribution in [0.5, 0.6) is 23.0 Å². The zero-order valence-electron chi connectivity index (χ0n) is 13.3. The lowest BCUT2D eigenvalue weighted by atomic mass is 10.2. The van der Waals surface area contributed by atoms with Crippen LogP contribution in [0.1, 0.15) is 12.5 Å². The Morgan fingerprint density at radius 1 is 1.36 bits per heavy atom. The number of ether oxygens (including phenoxy) is 4. The zero-order valence-corrected chi connectivity index (χ0v) is 14.1. The van der Waals surface area contributed by atoms with Crippen molar-refractivity contribution in [3.8, 4) is 29.1 Å². The molecule has 0 radical (unpaired) electrons. The Balaban J connectivity index is 1.81. The second-order valence-electron chi connectivity index (χ2n) is 5.12. The summed E-state index contributed by atoms with van der Waals surface area (Å²) in [6.45, 7) is 2.12. The average molecular weight is 360 g/mol. The molecule has 2 aromatic carbocycles. The normalized spacial score (nSPS) is 15.2. The molecule has 0 aromatic heterocycles. The predicted molar refractivity (Wildman–Crippen MR) is 89.3 cm³/mol. The second kappa shape index (κ2) is 7.32. The molecule has 7 heteroatoms. The number of hydrogen-bond acceptors (Lipinski definition) is 6. The van der Waals surface area contributed by atoms with Crippen LogP contribution < -0.4 is 18.9 Å². The monoisotopic (exact) mass is 359 g/mol. The van der Waals surface area contributed by atoms with Crippen LogP contribution in [-0.2, 0) is 4.79 Å². The first kappa shape index (κ1) is 16.9. The maximum absolute atomic E-state index is 12.4. The van der Waals surface area contributed by atoms with Crippen LogP contribution in [0.15, 0.2) is 36.4 Å². The van der Waals surface area contributed by atoms with E-state index in [0.29, 0.717) is 23.7 Å². The largest absolute Gasteiger partial charge is 0.490 e. The minimum Gasteiger partial charge on any atom is -0.490 e. The van der Waals surface area contributed by atoms with Gasteiger partial charge in [-0.05, 0) is 25.1 Å². The van der Waals surface area contributed by atoms with Crippen LogP contribution in [0.3, 0.4) is 0 Å². The van der Waals surface area contributed by atoms with Crippen LogP contribution in [0.4, 0.5) is 0 Å². The van der Waals surface area contributed by atoms with Gasteiger partial charge in [0.1, 0.15) is 6.61 Å². The van der Waals surface area contributed by atoms with Crippen molar-refractivity contribution < 1.29 is 23.7 Å². The molecule has 0 unspecified atom stereocenters. The molecule has 0 saturated heterocycles. The van der Waals surface area contributed by atoms with Crippen LogP contribution in [0.25, 0.3) is 0 Å². The first-order chi connectivity index (χ1) is 12.1. The molecule has 2 aromatic rings. The minimum absolute atomic E-state index is 0.0215. The van der Waals surface area contributed by atoms with Gasteiger partial charge in [-0.25, -0.2) is 4.79 Å². The van der Waals surface area contributed by atoms with E-state index in [4.69, 9.17) is 35.8 Å². The van der Waals surface area contributed by atoms with E-state index in [0.717, 1.165) is 0 Å². The van der Waals surface area contributed by atoms with Crippen molar-refractivity contribution in [1.82, 2.24) is 0 Å². The summed E-state index contributed by atoms with van der Waals surface area (Å²) >= 11 is 6.13. The van der Waals surface area contributed by atoms with Crippen molar-refractivity contribution in [1.29, 1.82) is 5.26 Å². The molecule has 1 aliphatic heterocycles. The predicted octanol–water partition coefficient (Wildman–Crippen LogP) is 3.36. The summed E-state index contributed by atoms with van der Waals surface area (Å²) in [6, 6.07) is 11.9. The fourth-order valence-corrected chi connectivity index (χ4v) is 2.55. The highest BCUT2D eigenvalue weighted by Crippen LogP contribution is 2.37. The molecule has 0 bridgehead atoms. The molecular formula is C18H14ClNO5. The summed E-state index contributed by atoms with van der Waals surface area (Å²) in [5, 5.41) is 9.12. The van der Waals surface area contributed by atoms with Gasteiger partial charge in [-0.2, -0.15) is 5.26 Å². The zero-order chi connectivity index (χ0) is 17.8. The van der Waals surface area contributed by atoms with E-state index in [1.165, 1.54) is 12.1 Å². The number of para-hydroxylation sites is 2. The fraction of sp³-hybridized carbons (Fsp3) is 0.222. The van der Waals surface area contributed by atoms with Gasteiger partial charge < -0.3 is 18.9 Å². The molecule has 3 rings (SSSR count). The third-order valence-corrected chi connectivity index (χ3v) is 3.69. The summed E-state index contributed by atoms with van der Waals surface area (Å²) < 4.78 is 21.9. The molecule has 128 valence electrons. The Labute approximate surface area is 149 Å². The fourth-order valence-electron chi connectivity index (χ4n) is 2.30. The van der Waals surface area contributed by atoms with Gasteiger partial charge in [0.05, 0.1) is 23.3 Å². The molecule has 0 aliphatic carbocycles. The second-order valence-corrected chi connectivity index (χ2v) is 5.52. The smallest absolute Gasteiger partial charge is 0.356 e. The van der Waals surface area contributed by atoms with Crippen molar-refractivity contribution in [2.24, 2.45) is 0 Å². The number of carbonyl (C=O) groups is 1. The summed E-state index contributed by atoms with van der Waals surface area (Å²) in [7, 11) is 0. The molecule has 6 nitrogen and oxygen atoms in total. The van der Waals surface area contributed by atoms with E-state index in [2.05, 4.69) is 0 Å². The van der Waals surface area contributed by atoms with Crippen molar-refractivity contribution in [2.75, 3.05) is 13.2 Å². The number of halogens is 1. The van der Waals surface area contributed by atoms with Crippen LogP contribution in [0.2, 0.25) is 5.02 Å². The van der Waals surface area contributed by atoms with E-state index in [9.17, 15) is 4.79 Å². The lowest BCUT2D eigenvalue weighted by Crippen LogP contribution is -2.39. The van der Waals surface area contributed by atoms with Crippen LogP contribution >= 0.6 is 11.6 Å². The van der Waals surface area contributed by atoms with Crippen LogP contribution in [0, 0.1) is 11.3 Å². The minimum atomic E-state index is -0.934. The van der Waals surface area contributed by atoms with Crippen molar-refractivity contribution in [2.45, 2.75) is 13.0 Å². The topological polar surface area (TPSA) is 77.8 Å². The first-order valence-electron chi connectivity index (χ1n) is 7.59. The van der Waals surface area contributed by atoms with E-state index in [-0.39, 0.29) is 23.1 Å². The lowest BCUT2D eigenvalue weighted by molar-refractivity contribution is -0.144. The quantitative estimate of drug-likeness (QED) is 0.615. The Hall–Kier alpha value is -2.91. The Morgan fingerprint density at radius 3 is 2.84 bits per heavy atom. The standard InChI is InChI=1S/C18H14ClNO5/c1-2-22-15-8-11(9-20)7-12(19)17(15)25-18(21)16-10-23-13-5-3-4-6-14(13)24-16/h3-8,16H,2,10H2,1H3/t16-/m1/s1. The lowest BCUT2D eigenvalue weighted by Gasteiger charge is -2.25. The Bertz CT molecular complexity index is 846. The molecule has 0 fully saturated rings. The molecule has 0 N–H and O–H groups in total. The molecule has 1 atom stereocenters.